The van der Waals surface area contributed by atoms with Crippen molar-refractivity contribution < 1.29 is 0 Å². The number of benzene rings is 1. The molecule has 21 heavy (non-hydrogen) atoms. The van der Waals surface area contributed by atoms with Crippen LogP contribution in [0.3, 0.4) is 0 Å². The van der Waals surface area contributed by atoms with E-state index >= 15 is 0 Å². The highest BCUT2D eigenvalue weighted by Gasteiger charge is 2.21. The number of aryl methyl sites for hydroxylation is 1. The van der Waals surface area contributed by atoms with Gasteiger partial charge in [0.2, 0.25) is 0 Å². The van der Waals surface area contributed by atoms with Crippen LogP contribution in [0, 0.1) is 0 Å². The summed E-state index contributed by atoms with van der Waals surface area (Å²) in [7, 11) is 0. The van der Waals surface area contributed by atoms with Crippen LogP contribution in [0.4, 0.5) is 5.69 Å². The monoisotopic (exact) mass is 285 g/mol. The van der Waals surface area contributed by atoms with Crippen LogP contribution in [-0.2, 0) is 13.0 Å². The average Bonchev–Trinajstić information content (AvgIpc) is 3.17. The first-order valence-corrected chi connectivity index (χ1v) is 7.77. The largest absolute Gasteiger partial charge is 0.370 e. The molecule has 5 heteroatoms. The third-order valence-electron chi connectivity index (χ3n) is 4.13. The number of para-hydroxylation sites is 1. The van der Waals surface area contributed by atoms with Gasteiger partial charge in [-0.05, 0) is 25.5 Å². The molecule has 0 bridgehead atoms. The Morgan fingerprint density at radius 2 is 2.14 bits per heavy atom. The van der Waals surface area contributed by atoms with Crippen LogP contribution in [0.2, 0.25) is 0 Å². The Bertz CT molecular complexity index is 551. The van der Waals surface area contributed by atoms with E-state index in [1.54, 1.807) is 0 Å². The van der Waals surface area contributed by atoms with E-state index < -0.39 is 0 Å². The molecule has 1 unspecified atom stereocenters. The van der Waals surface area contributed by atoms with Crippen molar-refractivity contribution in [3.05, 3.63) is 42.5 Å². The van der Waals surface area contributed by atoms with Gasteiger partial charge in [-0.15, -0.1) is 10.2 Å². The lowest BCUT2D eigenvalue weighted by Gasteiger charge is -2.19. The van der Waals surface area contributed by atoms with E-state index in [0.29, 0.717) is 6.04 Å². The van der Waals surface area contributed by atoms with Gasteiger partial charge in [-0.3, -0.25) is 0 Å². The maximum absolute atomic E-state index is 4.18. The zero-order chi connectivity index (χ0) is 14.5. The van der Waals surface area contributed by atoms with Crippen molar-refractivity contribution >= 4 is 5.69 Å². The minimum atomic E-state index is 0.572. The fourth-order valence-electron chi connectivity index (χ4n) is 2.92. The van der Waals surface area contributed by atoms with E-state index in [9.17, 15) is 0 Å². The van der Waals surface area contributed by atoms with Crippen molar-refractivity contribution in [3.63, 3.8) is 0 Å². The van der Waals surface area contributed by atoms with Gasteiger partial charge in [-0.2, -0.15) is 0 Å². The molecule has 0 spiro atoms. The third kappa shape index (κ3) is 3.42. The Balaban J connectivity index is 1.45. The second-order valence-corrected chi connectivity index (χ2v) is 5.50. The molecule has 1 aliphatic heterocycles. The van der Waals surface area contributed by atoms with E-state index in [0.717, 1.165) is 38.4 Å². The molecule has 5 nitrogen and oxygen atoms in total. The van der Waals surface area contributed by atoms with Crippen molar-refractivity contribution in [2.75, 3.05) is 24.5 Å². The quantitative estimate of drug-likeness (QED) is 0.877. The number of rotatable bonds is 6. The number of nitrogens with one attached hydrogen (secondary N) is 1. The van der Waals surface area contributed by atoms with Crippen LogP contribution < -0.4 is 10.2 Å². The van der Waals surface area contributed by atoms with Gasteiger partial charge in [0.25, 0.3) is 0 Å². The van der Waals surface area contributed by atoms with Gasteiger partial charge < -0.3 is 14.8 Å². The number of nitrogens with zero attached hydrogens (tertiary/aromatic N) is 4. The summed E-state index contributed by atoms with van der Waals surface area (Å²) in [5, 5.41) is 11.8. The SMILES string of the molecule is CCn1cnnc1CCNC1CCN(c2ccccc2)C1. The van der Waals surface area contributed by atoms with Crippen LogP contribution in [0.1, 0.15) is 19.2 Å². The molecule has 2 heterocycles. The van der Waals surface area contributed by atoms with E-state index in [1.807, 2.05) is 6.33 Å². The zero-order valence-corrected chi connectivity index (χ0v) is 12.6. The molecule has 1 aliphatic rings. The fraction of sp³-hybridized carbons (Fsp3) is 0.500. The molecule has 1 atom stereocenters. The van der Waals surface area contributed by atoms with Gasteiger partial charge in [0.05, 0.1) is 0 Å². The Kier molecular flexibility index (Phi) is 4.50. The maximum atomic E-state index is 4.18. The Morgan fingerprint density at radius 1 is 1.29 bits per heavy atom. The number of anilines is 1. The first-order chi connectivity index (χ1) is 10.4. The van der Waals surface area contributed by atoms with Crippen molar-refractivity contribution in [1.29, 1.82) is 0 Å². The van der Waals surface area contributed by atoms with Crippen LogP contribution in [-0.4, -0.2) is 40.4 Å². The lowest BCUT2D eigenvalue weighted by molar-refractivity contribution is 0.541. The van der Waals surface area contributed by atoms with E-state index in [-0.39, 0.29) is 0 Å². The summed E-state index contributed by atoms with van der Waals surface area (Å²) in [4.78, 5) is 2.45. The van der Waals surface area contributed by atoms with Crippen molar-refractivity contribution in [2.45, 2.75) is 32.4 Å². The number of hydrogen-bond acceptors (Lipinski definition) is 4. The smallest absolute Gasteiger partial charge is 0.134 e. The van der Waals surface area contributed by atoms with Crippen LogP contribution in [0.5, 0.6) is 0 Å². The summed E-state index contributed by atoms with van der Waals surface area (Å²) < 4.78 is 2.10. The van der Waals surface area contributed by atoms with Gasteiger partial charge >= 0.3 is 0 Å². The summed E-state index contributed by atoms with van der Waals surface area (Å²) in [5.41, 5.74) is 1.33. The molecule has 1 N–H and O–H groups in total. The second kappa shape index (κ2) is 6.72. The van der Waals surface area contributed by atoms with Crippen LogP contribution in [0.15, 0.2) is 36.7 Å². The highest BCUT2D eigenvalue weighted by Crippen LogP contribution is 2.19. The van der Waals surface area contributed by atoms with E-state index in [4.69, 9.17) is 0 Å². The summed E-state index contributed by atoms with van der Waals surface area (Å²) in [6.45, 7) is 6.24. The van der Waals surface area contributed by atoms with Crippen molar-refractivity contribution in [2.24, 2.45) is 0 Å². The molecule has 0 radical (unpaired) electrons. The van der Waals surface area contributed by atoms with Gasteiger partial charge in [0.1, 0.15) is 12.2 Å². The Morgan fingerprint density at radius 3 is 2.95 bits per heavy atom. The molecule has 112 valence electrons. The zero-order valence-electron chi connectivity index (χ0n) is 12.6. The average molecular weight is 285 g/mol. The van der Waals surface area contributed by atoms with E-state index in [1.165, 1.54) is 12.1 Å². The predicted molar refractivity (Wildman–Crippen MR) is 84.5 cm³/mol. The first-order valence-electron chi connectivity index (χ1n) is 7.77. The molecule has 3 rings (SSSR count). The molecular weight excluding hydrogens is 262 g/mol. The molecule has 2 aromatic rings. The summed E-state index contributed by atoms with van der Waals surface area (Å²) in [6, 6.07) is 11.2. The van der Waals surface area contributed by atoms with Gasteiger partial charge in [-0.25, -0.2) is 0 Å². The first kappa shape index (κ1) is 14.1. The Hall–Kier alpha value is -1.88. The topological polar surface area (TPSA) is 46.0 Å². The standard InChI is InChI=1S/C16H23N5/c1-2-20-13-18-19-16(20)8-10-17-14-9-11-21(12-14)15-6-4-3-5-7-15/h3-7,13-14,17H,2,8-12H2,1H3. The fourth-order valence-corrected chi connectivity index (χ4v) is 2.92. The Labute approximate surface area is 126 Å². The predicted octanol–water partition coefficient (Wildman–Crippen LogP) is 1.71. The number of hydrogen-bond donors (Lipinski definition) is 1. The normalized spacial score (nSPS) is 18.3. The summed E-state index contributed by atoms with van der Waals surface area (Å²) >= 11 is 0. The lowest BCUT2D eigenvalue weighted by Crippen LogP contribution is -2.34. The van der Waals surface area contributed by atoms with Crippen LogP contribution >= 0.6 is 0 Å². The van der Waals surface area contributed by atoms with Gasteiger partial charge in [-0.1, -0.05) is 18.2 Å². The molecule has 0 saturated carbocycles. The van der Waals surface area contributed by atoms with Crippen molar-refractivity contribution in [1.82, 2.24) is 20.1 Å². The lowest BCUT2D eigenvalue weighted by atomic mass is 10.2. The molecule has 1 aromatic carbocycles. The highest BCUT2D eigenvalue weighted by molar-refractivity contribution is 5.47. The minimum absolute atomic E-state index is 0.572. The highest BCUT2D eigenvalue weighted by atomic mass is 15.3. The van der Waals surface area contributed by atoms with E-state index in [2.05, 4.69) is 62.2 Å². The van der Waals surface area contributed by atoms with Gasteiger partial charge in [0, 0.05) is 44.3 Å². The molecule has 0 amide bonds. The molecule has 1 fully saturated rings. The molecule has 1 aromatic heterocycles. The molecular formula is C16H23N5. The minimum Gasteiger partial charge on any atom is -0.370 e. The summed E-state index contributed by atoms with van der Waals surface area (Å²) in [5.74, 6) is 1.07. The second-order valence-electron chi connectivity index (χ2n) is 5.50. The van der Waals surface area contributed by atoms with Crippen molar-refractivity contribution in [3.8, 4) is 0 Å². The van der Waals surface area contributed by atoms with Crippen LogP contribution in [0.25, 0.3) is 0 Å². The van der Waals surface area contributed by atoms with Gasteiger partial charge in [0.15, 0.2) is 0 Å². The third-order valence-corrected chi connectivity index (χ3v) is 4.13. The molecule has 1 saturated heterocycles. The maximum Gasteiger partial charge on any atom is 0.134 e. The number of aromatic nitrogens is 3. The molecule has 0 aliphatic carbocycles. The summed E-state index contributed by atoms with van der Waals surface area (Å²) in [6.07, 6.45) is 3.95.